The fraction of sp³-hybridized carbons (Fsp3) is 0.353. The molecule has 3 rings (SSSR count). The largest absolute Gasteiger partial charge is 0.284 e. The maximum absolute atomic E-state index is 12.7. The average Bonchev–Trinajstić information content (AvgIpc) is 3.24. The van der Waals surface area contributed by atoms with E-state index in [4.69, 9.17) is 0 Å². The predicted molar refractivity (Wildman–Crippen MR) is 109 cm³/mol. The molecule has 1 atom stereocenters. The van der Waals surface area contributed by atoms with Crippen molar-refractivity contribution in [2.75, 3.05) is 16.7 Å². The van der Waals surface area contributed by atoms with Gasteiger partial charge in [0.2, 0.25) is 20.0 Å². The third-order valence-corrected chi connectivity index (χ3v) is 7.42. The molecule has 2 aromatic rings. The second-order valence-corrected chi connectivity index (χ2v) is 11.0. The Balaban J connectivity index is 1.91. The minimum Gasteiger partial charge on any atom is -0.284 e. The zero-order valence-electron chi connectivity index (χ0n) is 15.0. The zero-order chi connectivity index (χ0) is 19.7. The van der Waals surface area contributed by atoms with E-state index >= 15 is 0 Å². The minimum atomic E-state index is -3.50. The molecular weight excluding hydrogens is 406 g/mol. The molecule has 146 valence electrons. The van der Waals surface area contributed by atoms with Crippen LogP contribution in [0.4, 0.5) is 5.69 Å². The summed E-state index contributed by atoms with van der Waals surface area (Å²) < 4.78 is 51.6. The molecule has 0 aliphatic carbocycles. The number of sulfonamides is 2. The van der Waals surface area contributed by atoms with Crippen molar-refractivity contribution < 1.29 is 16.8 Å². The van der Waals surface area contributed by atoms with Gasteiger partial charge in [-0.25, -0.2) is 16.8 Å². The third-order valence-electron chi connectivity index (χ3n) is 4.01. The maximum atomic E-state index is 12.7. The van der Waals surface area contributed by atoms with Crippen LogP contribution in [0, 0.1) is 0 Å². The van der Waals surface area contributed by atoms with Gasteiger partial charge < -0.3 is 0 Å². The molecule has 7 nitrogen and oxygen atoms in total. The monoisotopic (exact) mass is 427 g/mol. The standard InChI is InChI=1S/C17H21N3O4S3/c1-3-11-27(23,24)20-16(17-5-4-10-25-17)12-15(18-20)13-6-8-14(9-7-13)19-26(2,21)22/h4-10,16,19H,3,11-12H2,1-2H3. The van der Waals surface area contributed by atoms with Crippen molar-refractivity contribution in [3.05, 3.63) is 52.2 Å². The fourth-order valence-electron chi connectivity index (χ4n) is 2.91. The summed E-state index contributed by atoms with van der Waals surface area (Å²) in [6, 6.07) is 10.2. The zero-order valence-corrected chi connectivity index (χ0v) is 17.4. The molecule has 0 amide bonds. The van der Waals surface area contributed by atoms with Crippen LogP contribution in [0.3, 0.4) is 0 Å². The van der Waals surface area contributed by atoms with Gasteiger partial charge in [-0.3, -0.25) is 4.72 Å². The van der Waals surface area contributed by atoms with E-state index in [2.05, 4.69) is 9.82 Å². The third kappa shape index (κ3) is 4.69. The van der Waals surface area contributed by atoms with E-state index in [1.165, 1.54) is 15.8 Å². The summed E-state index contributed by atoms with van der Waals surface area (Å²) in [7, 11) is -6.85. The van der Waals surface area contributed by atoms with Gasteiger partial charge in [0.05, 0.1) is 17.7 Å². The Morgan fingerprint density at radius 1 is 1.19 bits per heavy atom. The van der Waals surface area contributed by atoms with Gasteiger partial charge in [0, 0.05) is 17.0 Å². The molecular formula is C17H21N3O4S3. The van der Waals surface area contributed by atoms with E-state index in [0.717, 1.165) is 16.7 Å². The van der Waals surface area contributed by atoms with Crippen LogP contribution in [0.2, 0.25) is 0 Å². The summed E-state index contributed by atoms with van der Waals surface area (Å²) in [5.74, 6) is 0.0445. The Bertz CT molecular complexity index is 1030. The molecule has 1 unspecified atom stereocenters. The lowest BCUT2D eigenvalue weighted by atomic mass is 10.0. The number of anilines is 1. The second kappa shape index (κ2) is 7.61. The van der Waals surface area contributed by atoms with Crippen molar-refractivity contribution in [3.8, 4) is 0 Å². The number of nitrogens with one attached hydrogen (secondary N) is 1. The first kappa shape index (κ1) is 19.8. The molecule has 1 aromatic heterocycles. The van der Waals surface area contributed by atoms with Gasteiger partial charge in [0.15, 0.2) is 0 Å². The van der Waals surface area contributed by atoms with E-state index in [9.17, 15) is 16.8 Å². The van der Waals surface area contributed by atoms with Gasteiger partial charge in [-0.05, 0) is 35.6 Å². The molecule has 1 aliphatic rings. The Kier molecular flexibility index (Phi) is 5.59. The molecule has 0 saturated heterocycles. The molecule has 1 aliphatic heterocycles. The van der Waals surface area contributed by atoms with Crippen molar-refractivity contribution in [1.82, 2.24) is 4.41 Å². The smallest absolute Gasteiger partial charge is 0.250 e. The van der Waals surface area contributed by atoms with Crippen molar-refractivity contribution in [2.45, 2.75) is 25.8 Å². The number of nitrogens with zero attached hydrogens (tertiary/aromatic N) is 2. The first-order chi connectivity index (χ1) is 12.7. The Hall–Kier alpha value is -1.91. The topological polar surface area (TPSA) is 95.9 Å². The number of hydrogen-bond acceptors (Lipinski definition) is 6. The molecule has 0 radical (unpaired) electrons. The molecule has 0 saturated carbocycles. The van der Waals surface area contributed by atoms with Crippen LogP contribution >= 0.6 is 11.3 Å². The summed E-state index contributed by atoms with van der Waals surface area (Å²) in [6.07, 6.45) is 2.08. The van der Waals surface area contributed by atoms with Gasteiger partial charge in [-0.15, -0.1) is 11.3 Å². The van der Waals surface area contributed by atoms with Crippen LogP contribution in [-0.2, 0) is 20.0 Å². The van der Waals surface area contributed by atoms with Gasteiger partial charge in [-0.2, -0.15) is 9.52 Å². The lowest BCUT2D eigenvalue weighted by Crippen LogP contribution is -2.28. The van der Waals surface area contributed by atoms with Crippen LogP contribution in [0.5, 0.6) is 0 Å². The minimum absolute atomic E-state index is 0.0445. The van der Waals surface area contributed by atoms with Gasteiger partial charge >= 0.3 is 0 Å². The van der Waals surface area contributed by atoms with Crippen LogP contribution in [-0.4, -0.2) is 39.0 Å². The van der Waals surface area contributed by atoms with Gasteiger partial charge in [0.25, 0.3) is 0 Å². The summed E-state index contributed by atoms with van der Waals surface area (Å²) in [5, 5.41) is 6.34. The van der Waals surface area contributed by atoms with Crippen molar-refractivity contribution in [2.24, 2.45) is 5.10 Å². The lowest BCUT2D eigenvalue weighted by Gasteiger charge is -2.21. The first-order valence-corrected chi connectivity index (χ1v) is 12.8. The highest BCUT2D eigenvalue weighted by molar-refractivity contribution is 7.92. The van der Waals surface area contributed by atoms with Crippen LogP contribution < -0.4 is 4.72 Å². The Labute approximate surface area is 163 Å². The second-order valence-electron chi connectivity index (χ2n) is 6.32. The van der Waals surface area contributed by atoms with Gasteiger partial charge in [0.1, 0.15) is 6.04 Å². The van der Waals surface area contributed by atoms with Crippen LogP contribution in [0.1, 0.15) is 36.2 Å². The number of hydrazone groups is 1. The number of benzene rings is 1. The molecule has 0 fully saturated rings. The summed E-state index contributed by atoms with van der Waals surface area (Å²) in [4.78, 5) is 0.948. The summed E-state index contributed by atoms with van der Waals surface area (Å²) in [6.45, 7) is 1.83. The lowest BCUT2D eigenvalue weighted by molar-refractivity contribution is 0.375. The molecule has 1 N–H and O–H groups in total. The van der Waals surface area contributed by atoms with Gasteiger partial charge in [-0.1, -0.05) is 25.1 Å². The maximum Gasteiger partial charge on any atom is 0.250 e. The van der Waals surface area contributed by atoms with Crippen LogP contribution in [0.25, 0.3) is 0 Å². The fourth-order valence-corrected chi connectivity index (χ4v) is 5.85. The molecule has 0 spiro atoms. The quantitative estimate of drug-likeness (QED) is 0.735. The molecule has 2 heterocycles. The highest BCUT2D eigenvalue weighted by Crippen LogP contribution is 2.37. The van der Waals surface area contributed by atoms with E-state index in [1.807, 2.05) is 24.4 Å². The molecule has 1 aromatic carbocycles. The average molecular weight is 428 g/mol. The summed E-state index contributed by atoms with van der Waals surface area (Å²) >= 11 is 1.51. The number of rotatable bonds is 7. The van der Waals surface area contributed by atoms with Crippen molar-refractivity contribution >= 4 is 42.8 Å². The molecule has 0 bridgehead atoms. The van der Waals surface area contributed by atoms with E-state index in [1.54, 1.807) is 24.3 Å². The highest BCUT2D eigenvalue weighted by Gasteiger charge is 2.36. The Morgan fingerprint density at radius 3 is 2.44 bits per heavy atom. The van der Waals surface area contributed by atoms with Crippen LogP contribution in [0.15, 0.2) is 46.9 Å². The molecule has 10 heteroatoms. The predicted octanol–water partition coefficient (Wildman–Crippen LogP) is 3.01. The van der Waals surface area contributed by atoms with E-state index < -0.39 is 20.0 Å². The normalized spacial score (nSPS) is 17.8. The number of thiophene rings is 1. The highest BCUT2D eigenvalue weighted by atomic mass is 32.2. The first-order valence-electron chi connectivity index (χ1n) is 8.41. The van der Waals surface area contributed by atoms with E-state index in [0.29, 0.717) is 24.2 Å². The summed E-state index contributed by atoms with van der Waals surface area (Å²) in [5.41, 5.74) is 1.88. The van der Waals surface area contributed by atoms with E-state index in [-0.39, 0.29) is 11.8 Å². The number of hydrogen-bond donors (Lipinski definition) is 1. The van der Waals surface area contributed by atoms with Crippen molar-refractivity contribution in [3.63, 3.8) is 0 Å². The van der Waals surface area contributed by atoms with Crippen molar-refractivity contribution in [1.29, 1.82) is 0 Å². The SMILES string of the molecule is CCCS(=O)(=O)N1N=C(c2ccc(NS(C)(=O)=O)cc2)CC1c1cccs1. The molecule has 27 heavy (non-hydrogen) atoms. The Morgan fingerprint density at radius 2 is 1.89 bits per heavy atom.